The van der Waals surface area contributed by atoms with E-state index in [0.717, 1.165) is 44.1 Å². The number of hydrogen-bond acceptors (Lipinski definition) is 3. The van der Waals surface area contributed by atoms with Gasteiger partial charge >= 0.3 is 0 Å². The Morgan fingerprint density at radius 3 is 2.19 bits per heavy atom. The van der Waals surface area contributed by atoms with E-state index in [1.807, 2.05) is 12.1 Å². The standard InChI is InChI=1S/C17H22N2O2/c18-14-17(11-4-2-1-3-5-12-17)13-10-15-6-8-16(9-7-15)19(20)21/h6-9H,1-5,10-13H2. The molecule has 1 aromatic rings. The number of nitrogens with zero attached hydrogens (tertiary/aromatic N) is 2. The zero-order valence-electron chi connectivity index (χ0n) is 12.4. The van der Waals surface area contributed by atoms with Crippen LogP contribution in [-0.2, 0) is 6.42 Å². The Balaban J connectivity index is 1.98. The molecule has 0 heterocycles. The van der Waals surface area contributed by atoms with Gasteiger partial charge in [-0.15, -0.1) is 0 Å². The van der Waals surface area contributed by atoms with E-state index in [4.69, 9.17) is 0 Å². The van der Waals surface area contributed by atoms with Crippen LogP contribution in [0.25, 0.3) is 0 Å². The van der Waals surface area contributed by atoms with E-state index in [1.165, 1.54) is 19.3 Å². The summed E-state index contributed by atoms with van der Waals surface area (Å²) in [4.78, 5) is 10.3. The van der Waals surface area contributed by atoms with E-state index in [-0.39, 0.29) is 16.0 Å². The third-order valence-corrected chi connectivity index (χ3v) is 4.59. The van der Waals surface area contributed by atoms with Crippen LogP contribution in [0.5, 0.6) is 0 Å². The highest BCUT2D eigenvalue weighted by Crippen LogP contribution is 2.37. The van der Waals surface area contributed by atoms with Gasteiger partial charge in [-0.3, -0.25) is 10.1 Å². The predicted molar refractivity (Wildman–Crippen MR) is 81.8 cm³/mol. The van der Waals surface area contributed by atoms with Crippen molar-refractivity contribution in [3.05, 3.63) is 39.9 Å². The summed E-state index contributed by atoms with van der Waals surface area (Å²) < 4.78 is 0. The molecule has 0 aliphatic heterocycles. The highest BCUT2D eigenvalue weighted by atomic mass is 16.6. The number of hydrogen-bond donors (Lipinski definition) is 0. The molecule has 0 radical (unpaired) electrons. The third kappa shape index (κ3) is 4.29. The number of non-ortho nitro benzene ring substituents is 1. The molecule has 21 heavy (non-hydrogen) atoms. The largest absolute Gasteiger partial charge is 0.269 e. The maximum atomic E-state index is 10.6. The first-order chi connectivity index (χ1) is 10.2. The first kappa shape index (κ1) is 15.5. The number of benzene rings is 1. The van der Waals surface area contributed by atoms with Crippen molar-refractivity contribution in [2.75, 3.05) is 0 Å². The van der Waals surface area contributed by atoms with Crippen LogP contribution < -0.4 is 0 Å². The molecule has 1 aromatic carbocycles. The fourth-order valence-corrected chi connectivity index (χ4v) is 3.17. The lowest BCUT2D eigenvalue weighted by molar-refractivity contribution is -0.384. The van der Waals surface area contributed by atoms with Gasteiger partial charge in [0.1, 0.15) is 0 Å². The molecule has 0 aromatic heterocycles. The monoisotopic (exact) mass is 286 g/mol. The summed E-state index contributed by atoms with van der Waals surface area (Å²) in [6, 6.07) is 9.30. The maximum Gasteiger partial charge on any atom is 0.269 e. The second-order valence-electron chi connectivity index (χ2n) is 6.08. The summed E-state index contributed by atoms with van der Waals surface area (Å²) in [6.45, 7) is 0. The topological polar surface area (TPSA) is 66.9 Å². The summed E-state index contributed by atoms with van der Waals surface area (Å²) in [5, 5.41) is 20.3. The lowest BCUT2D eigenvalue weighted by Crippen LogP contribution is -2.21. The van der Waals surface area contributed by atoms with Crippen LogP contribution in [0.1, 0.15) is 56.9 Å². The first-order valence-corrected chi connectivity index (χ1v) is 7.80. The van der Waals surface area contributed by atoms with E-state index in [2.05, 4.69) is 6.07 Å². The van der Waals surface area contributed by atoms with Gasteiger partial charge in [0.15, 0.2) is 0 Å². The summed E-state index contributed by atoms with van der Waals surface area (Å²) in [6.07, 6.45) is 9.74. The number of aryl methyl sites for hydroxylation is 1. The Hall–Kier alpha value is -1.89. The summed E-state index contributed by atoms with van der Waals surface area (Å²) in [5.74, 6) is 0. The van der Waals surface area contributed by atoms with Crippen molar-refractivity contribution in [3.63, 3.8) is 0 Å². The third-order valence-electron chi connectivity index (χ3n) is 4.59. The SMILES string of the molecule is N#CC1(CCc2ccc([N+](=O)[O-])cc2)CCCCCCC1. The quantitative estimate of drug-likeness (QED) is 0.590. The van der Waals surface area contributed by atoms with Crippen molar-refractivity contribution in [3.8, 4) is 6.07 Å². The Kier molecular flexibility index (Phi) is 5.32. The Morgan fingerprint density at radius 1 is 1.10 bits per heavy atom. The molecular weight excluding hydrogens is 264 g/mol. The average Bonchev–Trinajstić information content (AvgIpc) is 2.47. The minimum Gasteiger partial charge on any atom is -0.258 e. The molecule has 2 rings (SSSR count). The van der Waals surface area contributed by atoms with Crippen LogP contribution in [0, 0.1) is 26.9 Å². The smallest absolute Gasteiger partial charge is 0.258 e. The van der Waals surface area contributed by atoms with E-state index in [0.29, 0.717) is 0 Å². The molecule has 1 aliphatic carbocycles. The Morgan fingerprint density at radius 2 is 1.67 bits per heavy atom. The van der Waals surface area contributed by atoms with Crippen LogP contribution in [-0.4, -0.2) is 4.92 Å². The highest BCUT2D eigenvalue weighted by molar-refractivity contribution is 5.33. The van der Waals surface area contributed by atoms with Crippen LogP contribution in [0.15, 0.2) is 24.3 Å². The molecule has 1 aliphatic rings. The minimum absolute atomic E-state index is 0.125. The van der Waals surface area contributed by atoms with Crippen LogP contribution in [0.3, 0.4) is 0 Å². The van der Waals surface area contributed by atoms with Gasteiger partial charge < -0.3 is 0 Å². The zero-order valence-corrected chi connectivity index (χ0v) is 12.4. The van der Waals surface area contributed by atoms with Crippen molar-refractivity contribution in [1.29, 1.82) is 5.26 Å². The molecule has 0 bridgehead atoms. The van der Waals surface area contributed by atoms with Crippen LogP contribution >= 0.6 is 0 Å². The molecule has 0 spiro atoms. The van der Waals surface area contributed by atoms with Crippen molar-refractivity contribution in [2.45, 2.75) is 57.8 Å². The number of nitriles is 1. The second-order valence-corrected chi connectivity index (χ2v) is 6.08. The predicted octanol–water partition coefficient (Wildman–Crippen LogP) is 4.78. The van der Waals surface area contributed by atoms with Crippen molar-refractivity contribution < 1.29 is 4.92 Å². The molecule has 0 saturated heterocycles. The van der Waals surface area contributed by atoms with Gasteiger partial charge in [0, 0.05) is 12.1 Å². The molecule has 112 valence electrons. The fourth-order valence-electron chi connectivity index (χ4n) is 3.17. The van der Waals surface area contributed by atoms with Gasteiger partial charge in [0.05, 0.1) is 16.4 Å². The summed E-state index contributed by atoms with van der Waals surface area (Å²) in [5.41, 5.74) is 1.01. The number of nitro groups is 1. The lowest BCUT2D eigenvalue weighted by Gasteiger charge is -2.28. The molecule has 4 heteroatoms. The number of rotatable bonds is 4. The summed E-state index contributed by atoms with van der Waals surface area (Å²) >= 11 is 0. The van der Waals surface area contributed by atoms with E-state index in [1.54, 1.807) is 12.1 Å². The van der Waals surface area contributed by atoms with Gasteiger partial charge in [0.2, 0.25) is 0 Å². The minimum atomic E-state index is -0.380. The zero-order chi connectivity index (χ0) is 15.1. The van der Waals surface area contributed by atoms with Gasteiger partial charge in [-0.25, -0.2) is 0 Å². The van der Waals surface area contributed by atoms with Crippen LogP contribution in [0.2, 0.25) is 0 Å². The Bertz CT molecular complexity index is 509. The van der Waals surface area contributed by atoms with E-state index >= 15 is 0 Å². The second kappa shape index (κ2) is 7.21. The molecule has 0 unspecified atom stereocenters. The molecule has 0 N–H and O–H groups in total. The van der Waals surface area contributed by atoms with Crippen molar-refractivity contribution in [2.24, 2.45) is 5.41 Å². The molecule has 0 atom stereocenters. The Labute approximate surface area is 125 Å². The number of nitro benzene ring substituents is 1. The maximum absolute atomic E-state index is 10.6. The van der Waals surface area contributed by atoms with Gasteiger partial charge in [-0.2, -0.15) is 5.26 Å². The molecule has 4 nitrogen and oxygen atoms in total. The van der Waals surface area contributed by atoms with Gasteiger partial charge in [-0.05, 0) is 31.2 Å². The summed E-state index contributed by atoms with van der Waals surface area (Å²) in [7, 11) is 0. The van der Waals surface area contributed by atoms with Gasteiger partial charge in [-0.1, -0.05) is 44.2 Å². The first-order valence-electron chi connectivity index (χ1n) is 7.80. The normalized spacial score (nSPS) is 18.2. The molecule has 0 amide bonds. The molecule has 1 fully saturated rings. The van der Waals surface area contributed by atoms with E-state index < -0.39 is 0 Å². The van der Waals surface area contributed by atoms with Crippen LogP contribution in [0.4, 0.5) is 5.69 Å². The van der Waals surface area contributed by atoms with Crippen molar-refractivity contribution >= 4 is 5.69 Å². The molecular formula is C17H22N2O2. The average molecular weight is 286 g/mol. The molecule has 1 saturated carbocycles. The van der Waals surface area contributed by atoms with E-state index in [9.17, 15) is 15.4 Å². The van der Waals surface area contributed by atoms with Crippen molar-refractivity contribution in [1.82, 2.24) is 0 Å². The lowest BCUT2D eigenvalue weighted by atomic mass is 9.74. The highest BCUT2D eigenvalue weighted by Gasteiger charge is 2.29. The fraction of sp³-hybridized carbons (Fsp3) is 0.588. The van der Waals surface area contributed by atoms with Gasteiger partial charge in [0.25, 0.3) is 5.69 Å².